The van der Waals surface area contributed by atoms with Gasteiger partial charge >= 0.3 is 18.0 Å². The lowest BCUT2D eigenvalue weighted by molar-refractivity contribution is -0.693. The van der Waals surface area contributed by atoms with Crippen LogP contribution in [0.15, 0.2) is 30.6 Å². The summed E-state index contributed by atoms with van der Waals surface area (Å²) >= 11 is 12.5. The maximum Gasteiger partial charge on any atom is 0.459 e. The molecule has 1 aromatic carbocycles. The summed E-state index contributed by atoms with van der Waals surface area (Å²) in [4.78, 5) is 0. The second-order valence-corrected chi connectivity index (χ2v) is 9.89. The molecule has 0 amide bonds. The van der Waals surface area contributed by atoms with Crippen molar-refractivity contribution in [1.82, 2.24) is 4.57 Å². The molecule has 0 aliphatic heterocycles. The van der Waals surface area contributed by atoms with E-state index in [4.69, 9.17) is 23.2 Å². The van der Waals surface area contributed by atoms with Crippen LogP contribution in [0.25, 0.3) is 0 Å². The third-order valence-corrected chi connectivity index (χ3v) is 7.06. The van der Waals surface area contributed by atoms with Crippen LogP contribution in [0.1, 0.15) is 75.6 Å². The first-order valence-electron chi connectivity index (χ1n) is 12.1. The molecule has 1 heterocycles. The lowest BCUT2D eigenvalue weighted by Gasteiger charge is -2.28. The van der Waals surface area contributed by atoms with Crippen molar-refractivity contribution in [2.75, 3.05) is 0 Å². The van der Waals surface area contributed by atoms with E-state index in [1.807, 2.05) is 37.5 Å². The van der Waals surface area contributed by atoms with E-state index in [0.29, 0.717) is 23.0 Å². The van der Waals surface area contributed by atoms with Crippen molar-refractivity contribution in [1.29, 1.82) is 0 Å². The van der Waals surface area contributed by atoms with Gasteiger partial charge in [0.2, 0.25) is 0 Å². The molecule has 12 heteroatoms. The molecule has 0 bridgehead atoms. The van der Waals surface area contributed by atoms with Crippen LogP contribution in [0.3, 0.4) is 0 Å². The monoisotopic (exact) mass is 598 g/mol. The molecule has 212 valence electrons. The Morgan fingerprint density at radius 2 is 1.27 bits per heavy atom. The van der Waals surface area contributed by atoms with Crippen molar-refractivity contribution >= 4 is 23.2 Å². The molecule has 0 aliphatic carbocycles. The smallest absolute Gasteiger partial charge is 0.459 e. The number of benzene rings is 1. The number of alkyl halides is 7. The maximum atomic E-state index is 13.2. The summed E-state index contributed by atoms with van der Waals surface area (Å²) in [5, 5.41) is 1.26. The standard InChI is InChI=1S/C25H32Cl2F7N2.ClH/c1-19-35(16-17-36(19)18-20-21(26)12-11-13-22(20)27)15-10-8-6-4-2-3-5-7-9-14-23(28,29)24(30,31)25(32,33)34;/h11-13,16-17H,2-10,14-15,18H2,1H3;1H/q+1;/p-1. The van der Waals surface area contributed by atoms with Crippen LogP contribution in [0, 0.1) is 6.92 Å². The van der Waals surface area contributed by atoms with E-state index in [9.17, 15) is 30.7 Å². The zero-order valence-electron chi connectivity index (χ0n) is 20.5. The van der Waals surface area contributed by atoms with Gasteiger partial charge in [-0.3, -0.25) is 0 Å². The molecule has 1 aromatic heterocycles. The number of nitrogens with zero attached hydrogens (tertiary/aromatic N) is 2. The highest BCUT2D eigenvalue weighted by Crippen LogP contribution is 2.48. The largest absolute Gasteiger partial charge is 1.00 e. The molecule has 0 N–H and O–H groups in total. The van der Waals surface area contributed by atoms with Gasteiger partial charge in [-0.25, -0.2) is 9.13 Å². The number of halogens is 10. The Morgan fingerprint density at radius 3 is 1.78 bits per heavy atom. The van der Waals surface area contributed by atoms with Crippen molar-refractivity contribution in [3.8, 4) is 0 Å². The van der Waals surface area contributed by atoms with E-state index in [2.05, 4.69) is 9.13 Å². The fraction of sp³-hybridized carbons (Fsp3) is 0.640. The average Bonchev–Trinajstić information content (AvgIpc) is 3.13. The zero-order chi connectivity index (χ0) is 27.0. The Balaban J connectivity index is 0.00000684. The van der Waals surface area contributed by atoms with E-state index in [1.165, 1.54) is 0 Å². The van der Waals surface area contributed by atoms with E-state index < -0.39 is 24.4 Å². The quantitative estimate of drug-likeness (QED) is 0.131. The van der Waals surface area contributed by atoms with Crippen molar-refractivity contribution in [3.63, 3.8) is 0 Å². The highest BCUT2D eigenvalue weighted by atomic mass is 35.5. The van der Waals surface area contributed by atoms with Crippen molar-refractivity contribution < 1.29 is 47.7 Å². The number of hydrogen-bond donors (Lipinski definition) is 0. The second-order valence-electron chi connectivity index (χ2n) is 9.08. The van der Waals surface area contributed by atoms with Gasteiger partial charge in [0, 0.05) is 29.0 Å². The molecule has 2 aromatic rings. The molecule has 0 fully saturated rings. The Morgan fingerprint density at radius 1 is 0.784 bits per heavy atom. The fourth-order valence-electron chi connectivity index (χ4n) is 4.03. The lowest BCUT2D eigenvalue weighted by atomic mass is 10.0. The van der Waals surface area contributed by atoms with Crippen LogP contribution >= 0.6 is 23.2 Å². The summed E-state index contributed by atoms with van der Waals surface area (Å²) in [5.74, 6) is -9.99. The predicted octanol–water partition coefficient (Wildman–Crippen LogP) is 6.18. The minimum absolute atomic E-state index is 0. The third kappa shape index (κ3) is 9.50. The molecule has 0 unspecified atom stereocenters. The van der Waals surface area contributed by atoms with Gasteiger partial charge in [0.1, 0.15) is 18.9 Å². The van der Waals surface area contributed by atoms with E-state index in [-0.39, 0.29) is 25.2 Å². The first kappa shape index (κ1) is 33.8. The van der Waals surface area contributed by atoms with Gasteiger partial charge < -0.3 is 12.4 Å². The van der Waals surface area contributed by atoms with Crippen LogP contribution in [0.4, 0.5) is 30.7 Å². The van der Waals surface area contributed by atoms with Crippen molar-refractivity contribution in [2.24, 2.45) is 0 Å². The molecular weight excluding hydrogens is 568 g/mol. The number of aryl methyl sites for hydroxylation is 1. The summed E-state index contributed by atoms with van der Waals surface area (Å²) < 4.78 is 92.8. The highest BCUT2D eigenvalue weighted by molar-refractivity contribution is 6.35. The molecule has 0 saturated heterocycles. The van der Waals surface area contributed by atoms with Crippen LogP contribution in [-0.4, -0.2) is 22.6 Å². The van der Waals surface area contributed by atoms with Crippen LogP contribution in [0.2, 0.25) is 10.0 Å². The Labute approximate surface area is 229 Å². The average molecular weight is 600 g/mol. The minimum atomic E-state index is -6.25. The van der Waals surface area contributed by atoms with E-state index >= 15 is 0 Å². The van der Waals surface area contributed by atoms with E-state index in [0.717, 1.165) is 56.5 Å². The number of aromatic nitrogens is 2. The van der Waals surface area contributed by atoms with Gasteiger partial charge in [-0.05, 0) is 31.4 Å². The topological polar surface area (TPSA) is 8.81 Å². The number of imidazole rings is 1. The second kappa shape index (κ2) is 14.8. The molecule has 0 spiro atoms. The fourth-order valence-corrected chi connectivity index (χ4v) is 4.55. The van der Waals surface area contributed by atoms with Crippen molar-refractivity contribution in [3.05, 3.63) is 52.0 Å². The number of rotatable bonds is 15. The molecule has 0 saturated carbocycles. The molecule has 0 radical (unpaired) electrons. The molecule has 0 atom stereocenters. The SMILES string of the molecule is Cc1n(CCCCCCCCCCCC(F)(F)C(F)(F)C(F)(F)F)cc[n+]1Cc1c(Cl)cccc1Cl.[Cl-]. The minimum Gasteiger partial charge on any atom is -1.00 e. The van der Waals surface area contributed by atoms with Gasteiger partial charge in [-0.1, -0.05) is 67.8 Å². The summed E-state index contributed by atoms with van der Waals surface area (Å²) in [6, 6.07) is 5.44. The van der Waals surface area contributed by atoms with Gasteiger partial charge in [-0.2, -0.15) is 30.7 Å². The number of unbranched alkanes of at least 4 members (excludes halogenated alkanes) is 8. The summed E-state index contributed by atoms with van der Waals surface area (Å²) in [6.07, 6.45) is 2.26. The van der Waals surface area contributed by atoms with Gasteiger partial charge in [0.15, 0.2) is 0 Å². The molecule has 2 rings (SSSR count). The summed E-state index contributed by atoms with van der Waals surface area (Å²) in [6.45, 7) is 3.48. The molecular formula is C25H32Cl3F7N2. The van der Waals surface area contributed by atoms with Gasteiger partial charge in [0.05, 0.1) is 6.54 Å². The van der Waals surface area contributed by atoms with Crippen LogP contribution in [-0.2, 0) is 13.1 Å². The summed E-state index contributed by atoms with van der Waals surface area (Å²) in [5.41, 5.74) is 0.875. The van der Waals surface area contributed by atoms with Crippen LogP contribution < -0.4 is 17.0 Å². The lowest BCUT2D eigenvalue weighted by Crippen LogP contribution is -3.00. The van der Waals surface area contributed by atoms with Gasteiger partial charge in [-0.15, -0.1) is 0 Å². The summed E-state index contributed by atoms with van der Waals surface area (Å²) in [7, 11) is 0. The van der Waals surface area contributed by atoms with E-state index in [1.54, 1.807) is 0 Å². The molecule has 0 aliphatic rings. The Bertz CT molecular complexity index is 942. The Kier molecular flexibility index (Phi) is 13.6. The Hall–Kier alpha value is -1.19. The number of hydrogen-bond acceptors (Lipinski definition) is 0. The zero-order valence-corrected chi connectivity index (χ0v) is 22.8. The first-order chi connectivity index (χ1) is 16.8. The maximum absolute atomic E-state index is 13.2. The predicted molar refractivity (Wildman–Crippen MR) is 127 cm³/mol. The molecule has 2 nitrogen and oxygen atoms in total. The van der Waals surface area contributed by atoms with Crippen molar-refractivity contribution in [2.45, 2.75) is 102 Å². The third-order valence-electron chi connectivity index (χ3n) is 6.35. The normalized spacial score (nSPS) is 12.6. The van der Waals surface area contributed by atoms with Gasteiger partial charge in [0.25, 0.3) is 5.82 Å². The molecule has 37 heavy (non-hydrogen) atoms. The first-order valence-corrected chi connectivity index (χ1v) is 12.8. The van der Waals surface area contributed by atoms with Crippen LogP contribution in [0.5, 0.6) is 0 Å². The highest BCUT2D eigenvalue weighted by Gasteiger charge is 2.72.